The fraction of sp³-hybridized carbons (Fsp3) is 0.105. The summed E-state index contributed by atoms with van der Waals surface area (Å²) in [6, 6.07) is 14.3. The van der Waals surface area contributed by atoms with E-state index in [1.54, 1.807) is 31.2 Å². The van der Waals surface area contributed by atoms with Crippen LogP contribution < -0.4 is 0 Å². The van der Waals surface area contributed by atoms with Gasteiger partial charge in [-0.2, -0.15) is 0 Å². The summed E-state index contributed by atoms with van der Waals surface area (Å²) >= 11 is 11.9. The summed E-state index contributed by atoms with van der Waals surface area (Å²) < 4.78 is 10.8. The molecule has 2 aromatic carbocycles. The van der Waals surface area contributed by atoms with Crippen LogP contribution in [0.5, 0.6) is 0 Å². The lowest BCUT2D eigenvalue weighted by molar-refractivity contribution is -0.143. The molecule has 0 aliphatic carbocycles. The van der Waals surface area contributed by atoms with Crippen molar-refractivity contribution in [2.24, 2.45) is 0 Å². The quantitative estimate of drug-likeness (QED) is 0.434. The van der Waals surface area contributed by atoms with Crippen LogP contribution in [0.25, 0.3) is 17.5 Å². The predicted octanol–water partition coefficient (Wildman–Crippen LogP) is 5.36. The van der Waals surface area contributed by atoms with E-state index in [1.807, 2.05) is 30.3 Å². The largest absolute Gasteiger partial charge is 0.449 e. The van der Waals surface area contributed by atoms with Gasteiger partial charge in [0.1, 0.15) is 0 Å². The Bertz CT molecular complexity index is 939. The third-order valence-electron chi connectivity index (χ3n) is 3.46. The Hall–Kier alpha value is -2.63. The molecule has 3 rings (SSSR count). The van der Waals surface area contributed by atoms with Crippen molar-refractivity contribution in [1.82, 2.24) is 10.2 Å². The number of hydrogen-bond acceptors (Lipinski definition) is 5. The minimum Gasteiger partial charge on any atom is -0.449 e. The second-order valence-corrected chi connectivity index (χ2v) is 6.23. The lowest BCUT2D eigenvalue weighted by atomic mass is 10.2. The first kappa shape index (κ1) is 18.2. The molecule has 0 radical (unpaired) electrons. The number of nitrogens with zero attached hydrogens (tertiary/aromatic N) is 2. The summed E-state index contributed by atoms with van der Waals surface area (Å²) in [5.41, 5.74) is 1.45. The number of benzene rings is 2. The zero-order chi connectivity index (χ0) is 18.5. The molecule has 26 heavy (non-hydrogen) atoms. The Morgan fingerprint density at radius 1 is 1.15 bits per heavy atom. The Morgan fingerprint density at radius 2 is 1.92 bits per heavy atom. The highest BCUT2D eigenvalue weighted by Gasteiger charge is 2.18. The molecule has 0 fully saturated rings. The van der Waals surface area contributed by atoms with Crippen molar-refractivity contribution in [3.8, 4) is 11.5 Å². The van der Waals surface area contributed by atoms with Crippen molar-refractivity contribution in [2.45, 2.75) is 13.0 Å². The van der Waals surface area contributed by atoms with Crippen molar-refractivity contribution >= 4 is 35.2 Å². The number of ether oxygens (including phenoxy) is 1. The molecule has 0 amide bonds. The molecule has 0 bridgehead atoms. The lowest BCUT2D eigenvalue weighted by Crippen LogP contribution is -2.06. The fourth-order valence-electron chi connectivity index (χ4n) is 2.15. The zero-order valence-corrected chi connectivity index (χ0v) is 15.2. The van der Waals surface area contributed by atoms with Crippen molar-refractivity contribution in [3.05, 3.63) is 76.1 Å². The highest BCUT2D eigenvalue weighted by atomic mass is 35.5. The van der Waals surface area contributed by atoms with Crippen molar-refractivity contribution < 1.29 is 13.9 Å². The van der Waals surface area contributed by atoms with Gasteiger partial charge in [0.15, 0.2) is 6.10 Å². The average Bonchev–Trinajstić information content (AvgIpc) is 3.12. The third-order valence-corrected chi connectivity index (χ3v) is 4.03. The number of halogens is 2. The Kier molecular flexibility index (Phi) is 5.71. The van der Waals surface area contributed by atoms with E-state index < -0.39 is 12.1 Å². The molecule has 0 saturated heterocycles. The number of esters is 1. The van der Waals surface area contributed by atoms with Crippen LogP contribution >= 0.6 is 23.2 Å². The third kappa shape index (κ3) is 4.50. The second kappa shape index (κ2) is 8.17. The highest BCUT2D eigenvalue weighted by molar-refractivity contribution is 6.35. The van der Waals surface area contributed by atoms with Gasteiger partial charge in [-0.3, -0.25) is 0 Å². The number of carbonyl (C=O) groups excluding carboxylic acids is 1. The molecular weight excluding hydrogens is 375 g/mol. The minimum atomic E-state index is -0.683. The molecule has 0 aliphatic rings. The van der Waals surface area contributed by atoms with E-state index in [9.17, 15) is 4.79 Å². The lowest BCUT2D eigenvalue weighted by Gasteiger charge is -2.07. The van der Waals surface area contributed by atoms with Gasteiger partial charge < -0.3 is 9.15 Å². The molecule has 0 N–H and O–H groups in total. The van der Waals surface area contributed by atoms with Gasteiger partial charge in [0.25, 0.3) is 5.89 Å². The first-order chi connectivity index (χ1) is 12.5. The smallest absolute Gasteiger partial charge is 0.331 e. The molecule has 0 aliphatic heterocycles. The van der Waals surface area contributed by atoms with Crippen LogP contribution in [0.2, 0.25) is 10.0 Å². The van der Waals surface area contributed by atoms with Gasteiger partial charge in [0, 0.05) is 21.7 Å². The van der Waals surface area contributed by atoms with Crippen molar-refractivity contribution in [3.63, 3.8) is 0 Å². The minimum absolute atomic E-state index is 0.218. The molecular formula is C19H14Cl2N2O3. The van der Waals surface area contributed by atoms with Crippen LogP contribution in [0.1, 0.15) is 24.5 Å². The monoisotopic (exact) mass is 388 g/mol. The molecule has 1 atom stereocenters. The first-order valence-corrected chi connectivity index (χ1v) is 8.51. The van der Waals surface area contributed by atoms with Gasteiger partial charge in [0.2, 0.25) is 5.89 Å². The van der Waals surface area contributed by atoms with Crippen molar-refractivity contribution in [1.29, 1.82) is 0 Å². The predicted molar refractivity (Wildman–Crippen MR) is 99.7 cm³/mol. The summed E-state index contributed by atoms with van der Waals surface area (Å²) in [5.74, 6) is 0.0325. The Labute approximate surface area is 160 Å². The van der Waals surface area contributed by atoms with E-state index >= 15 is 0 Å². The summed E-state index contributed by atoms with van der Waals surface area (Å²) in [7, 11) is 0. The van der Waals surface area contributed by atoms with Crippen LogP contribution in [-0.4, -0.2) is 16.2 Å². The van der Waals surface area contributed by atoms with E-state index in [0.717, 1.165) is 5.56 Å². The van der Waals surface area contributed by atoms with Gasteiger partial charge in [0.05, 0.1) is 0 Å². The number of carbonyl (C=O) groups is 1. The molecule has 0 spiro atoms. The standard InChI is InChI=1S/C19H14Cl2N2O3/c1-12(18-22-23-19(26-18)14-5-3-2-4-6-14)25-17(24)10-8-13-7-9-15(20)11-16(13)21/h2-12H,1H3/b10-8+/t12-/m0/s1. The normalized spacial score (nSPS) is 12.3. The number of aromatic nitrogens is 2. The van der Waals surface area contributed by atoms with Gasteiger partial charge in [-0.15, -0.1) is 10.2 Å². The maximum Gasteiger partial charge on any atom is 0.331 e. The fourth-order valence-corrected chi connectivity index (χ4v) is 2.63. The van der Waals surface area contributed by atoms with E-state index in [1.165, 1.54) is 6.08 Å². The van der Waals surface area contributed by atoms with Gasteiger partial charge in [-0.1, -0.05) is 47.5 Å². The number of hydrogen-bond donors (Lipinski definition) is 0. The molecule has 1 heterocycles. The van der Waals surface area contributed by atoms with E-state index in [0.29, 0.717) is 21.5 Å². The Morgan fingerprint density at radius 3 is 2.65 bits per heavy atom. The topological polar surface area (TPSA) is 65.2 Å². The van der Waals surface area contributed by atoms with Gasteiger partial charge in [-0.25, -0.2) is 4.79 Å². The first-order valence-electron chi connectivity index (χ1n) is 7.75. The second-order valence-electron chi connectivity index (χ2n) is 5.39. The Balaban J connectivity index is 1.64. The van der Waals surface area contributed by atoms with Crippen LogP contribution in [0, 0.1) is 0 Å². The van der Waals surface area contributed by atoms with E-state index in [-0.39, 0.29) is 5.89 Å². The summed E-state index contributed by atoms with van der Waals surface area (Å²) in [5, 5.41) is 8.87. The molecule has 7 heteroatoms. The zero-order valence-electron chi connectivity index (χ0n) is 13.7. The molecule has 5 nitrogen and oxygen atoms in total. The maximum absolute atomic E-state index is 12.0. The summed E-state index contributed by atoms with van der Waals surface area (Å²) in [6.45, 7) is 1.66. The van der Waals surface area contributed by atoms with Crippen LogP contribution in [0.4, 0.5) is 0 Å². The maximum atomic E-state index is 12.0. The van der Waals surface area contributed by atoms with E-state index in [4.69, 9.17) is 32.4 Å². The molecule has 1 aromatic heterocycles. The number of rotatable bonds is 5. The molecule has 3 aromatic rings. The van der Waals surface area contributed by atoms with Gasteiger partial charge in [-0.05, 0) is 42.8 Å². The van der Waals surface area contributed by atoms with E-state index in [2.05, 4.69) is 10.2 Å². The van der Waals surface area contributed by atoms with Crippen LogP contribution in [0.15, 0.2) is 59.0 Å². The van der Waals surface area contributed by atoms with Crippen LogP contribution in [0.3, 0.4) is 0 Å². The average molecular weight is 389 g/mol. The summed E-state index contributed by atoms with van der Waals surface area (Å²) in [4.78, 5) is 12.0. The highest BCUT2D eigenvalue weighted by Crippen LogP contribution is 2.24. The van der Waals surface area contributed by atoms with Crippen LogP contribution in [-0.2, 0) is 9.53 Å². The van der Waals surface area contributed by atoms with Crippen molar-refractivity contribution in [2.75, 3.05) is 0 Å². The molecule has 0 saturated carbocycles. The molecule has 132 valence electrons. The molecule has 0 unspecified atom stereocenters. The SMILES string of the molecule is C[C@H](OC(=O)/C=C/c1ccc(Cl)cc1Cl)c1nnc(-c2ccccc2)o1. The van der Waals surface area contributed by atoms with Gasteiger partial charge >= 0.3 is 5.97 Å². The summed E-state index contributed by atoms with van der Waals surface area (Å²) in [6.07, 6.45) is 2.15.